The molecule has 5 nitrogen and oxygen atoms in total. The monoisotopic (exact) mass is 306 g/mol. The smallest absolute Gasteiger partial charge is 0.0209 e. The van der Waals surface area contributed by atoms with Crippen LogP contribution in [0.25, 0.3) is 0 Å². The normalized spacial score (nSPS) is 13.6. The molecule has 0 radical (unpaired) electrons. The zero-order valence-corrected chi connectivity index (χ0v) is 14.5. The van der Waals surface area contributed by atoms with Crippen molar-refractivity contribution in [3.05, 3.63) is 0 Å². The third-order valence-corrected chi connectivity index (χ3v) is 4.55. The van der Waals surface area contributed by atoms with Gasteiger partial charge in [-0.15, -0.1) is 0 Å². The molecule has 20 heavy (non-hydrogen) atoms. The Labute approximate surface area is 127 Å². The Morgan fingerprint density at radius 3 is 1.35 bits per heavy atom. The summed E-state index contributed by atoms with van der Waals surface area (Å²) in [6.07, 6.45) is 1.81. The molecule has 0 aliphatic rings. The van der Waals surface area contributed by atoms with Crippen LogP contribution in [0.5, 0.6) is 0 Å². The first-order chi connectivity index (χ1) is 9.58. The molecule has 0 aromatic heterocycles. The average Bonchev–Trinajstić information content (AvgIpc) is 2.45. The fourth-order valence-corrected chi connectivity index (χ4v) is 2.84. The van der Waals surface area contributed by atoms with Crippen LogP contribution < -0.4 is 0 Å². The fraction of sp³-hybridized carbons (Fsp3) is 1.00. The van der Waals surface area contributed by atoms with Gasteiger partial charge in [-0.2, -0.15) is 0 Å². The molecular formula is C14H32N3O2S-. The zero-order valence-electron chi connectivity index (χ0n) is 13.6. The maximum absolute atomic E-state index is 11.2. The van der Waals surface area contributed by atoms with E-state index in [2.05, 4.69) is 37.5 Å². The van der Waals surface area contributed by atoms with Crippen LogP contribution in [0.15, 0.2) is 0 Å². The van der Waals surface area contributed by atoms with Crippen LogP contribution in [0.4, 0.5) is 0 Å². The van der Waals surface area contributed by atoms with E-state index in [-0.39, 0.29) is 0 Å². The highest BCUT2D eigenvalue weighted by atomic mass is 32.2. The molecule has 0 aliphatic carbocycles. The lowest BCUT2D eigenvalue weighted by Gasteiger charge is -2.27. The van der Waals surface area contributed by atoms with Crippen LogP contribution in [0.1, 0.15) is 40.5 Å². The quantitative estimate of drug-likeness (QED) is 0.484. The van der Waals surface area contributed by atoms with Crippen molar-refractivity contribution in [2.45, 2.75) is 40.5 Å². The van der Waals surface area contributed by atoms with E-state index in [0.717, 1.165) is 52.1 Å². The summed E-state index contributed by atoms with van der Waals surface area (Å²) in [5, 5.41) is 0. The van der Waals surface area contributed by atoms with Gasteiger partial charge < -0.3 is 14.4 Å². The van der Waals surface area contributed by atoms with Gasteiger partial charge in [0.05, 0.1) is 0 Å². The Kier molecular flexibility index (Phi) is 12.7. The molecule has 1 unspecified atom stereocenters. The van der Waals surface area contributed by atoms with Crippen LogP contribution in [-0.2, 0) is 11.3 Å². The summed E-state index contributed by atoms with van der Waals surface area (Å²) in [5.74, 6) is 0. The van der Waals surface area contributed by atoms with Crippen LogP contribution in [0, 0.1) is 0 Å². The van der Waals surface area contributed by atoms with E-state index in [0.29, 0.717) is 13.1 Å². The largest absolute Gasteiger partial charge is 0.760 e. The molecule has 0 rings (SSSR count). The molecule has 0 saturated heterocycles. The summed E-state index contributed by atoms with van der Waals surface area (Å²) in [4.78, 5) is 4.64. The van der Waals surface area contributed by atoms with E-state index in [1.807, 2.05) is 0 Å². The minimum Gasteiger partial charge on any atom is -0.760 e. The topological polar surface area (TPSA) is 49.8 Å². The first-order valence-corrected chi connectivity index (χ1v) is 8.91. The highest BCUT2D eigenvalue weighted by molar-refractivity contribution is 7.76. The van der Waals surface area contributed by atoms with Gasteiger partial charge in [0.1, 0.15) is 0 Å². The Hall–Kier alpha value is -0.0100. The summed E-state index contributed by atoms with van der Waals surface area (Å²) in [7, 11) is 0. The van der Waals surface area contributed by atoms with Crippen molar-refractivity contribution in [3.63, 3.8) is 0 Å². The molecule has 1 atom stereocenters. The maximum Gasteiger partial charge on any atom is 0.0209 e. The SMILES string of the molecule is CCN(CC)CCCN(CCCN(CC)CC)S(=O)[O-]. The Morgan fingerprint density at radius 1 is 0.750 bits per heavy atom. The van der Waals surface area contributed by atoms with Crippen LogP contribution in [-0.4, -0.2) is 75.2 Å². The molecule has 0 fully saturated rings. The van der Waals surface area contributed by atoms with Crippen molar-refractivity contribution >= 4 is 11.3 Å². The first-order valence-electron chi connectivity index (χ1n) is 7.87. The lowest BCUT2D eigenvalue weighted by molar-refractivity contribution is 0.265. The molecule has 0 heterocycles. The van der Waals surface area contributed by atoms with Gasteiger partial charge in [-0.3, -0.25) is 4.21 Å². The van der Waals surface area contributed by atoms with E-state index >= 15 is 0 Å². The minimum absolute atomic E-state index is 0.630. The number of rotatable bonds is 13. The number of hydrogen-bond acceptors (Lipinski definition) is 4. The van der Waals surface area contributed by atoms with E-state index in [9.17, 15) is 8.76 Å². The van der Waals surface area contributed by atoms with Crippen molar-refractivity contribution in [1.29, 1.82) is 0 Å². The molecule has 0 amide bonds. The van der Waals surface area contributed by atoms with Crippen molar-refractivity contribution in [2.75, 3.05) is 52.4 Å². The summed E-state index contributed by atoms with van der Waals surface area (Å²) < 4.78 is 24.0. The molecule has 0 N–H and O–H groups in total. The van der Waals surface area contributed by atoms with Gasteiger partial charge in [-0.25, -0.2) is 4.31 Å². The van der Waals surface area contributed by atoms with Gasteiger partial charge in [0.25, 0.3) is 0 Å². The van der Waals surface area contributed by atoms with Crippen LogP contribution in [0.2, 0.25) is 0 Å². The standard InChI is InChI=1S/C14H33N3O2S/c1-5-15(6-2)11-9-13-17(20(18)19)14-10-12-16(7-3)8-4/h5-14H2,1-4H3,(H,18,19)/p-1. The van der Waals surface area contributed by atoms with Gasteiger partial charge >= 0.3 is 0 Å². The van der Waals surface area contributed by atoms with Gasteiger partial charge in [-0.1, -0.05) is 27.7 Å². The lowest BCUT2D eigenvalue weighted by atomic mass is 10.3. The Balaban J connectivity index is 3.96. The predicted molar refractivity (Wildman–Crippen MR) is 85.3 cm³/mol. The molecule has 0 bridgehead atoms. The second-order valence-electron chi connectivity index (χ2n) is 4.91. The van der Waals surface area contributed by atoms with Crippen molar-refractivity contribution in [2.24, 2.45) is 0 Å². The van der Waals surface area contributed by atoms with Gasteiger partial charge in [0.15, 0.2) is 0 Å². The van der Waals surface area contributed by atoms with Crippen molar-refractivity contribution in [3.8, 4) is 0 Å². The van der Waals surface area contributed by atoms with E-state index < -0.39 is 11.3 Å². The molecule has 122 valence electrons. The average molecular weight is 306 g/mol. The summed E-state index contributed by atoms with van der Waals surface area (Å²) in [6.45, 7) is 15.8. The highest BCUT2D eigenvalue weighted by Crippen LogP contribution is 2.01. The molecule has 0 spiro atoms. The Bertz CT molecular complexity index is 229. The lowest BCUT2D eigenvalue weighted by Crippen LogP contribution is -2.33. The maximum atomic E-state index is 11.2. The fourth-order valence-electron chi connectivity index (χ4n) is 2.28. The predicted octanol–water partition coefficient (Wildman–Crippen LogP) is 1.55. The minimum atomic E-state index is -2.09. The van der Waals surface area contributed by atoms with E-state index in [4.69, 9.17) is 0 Å². The summed E-state index contributed by atoms with van der Waals surface area (Å²) >= 11 is -2.09. The summed E-state index contributed by atoms with van der Waals surface area (Å²) in [5.41, 5.74) is 0. The van der Waals surface area contributed by atoms with E-state index in [1.54, 1.807) is 4.31 Å². The molecular weight excluding hydrogens is 274 g/mol. The zero-order chi connectivity index (χ0) is 15.4. The number of nitrogens with zero attached hydrogens (tertiary/aromatic N) is 3. The molecule has 0 aromatic carbocycles. The second-order valence-corrected chi connectivity index (χ2v) is 5.86. The van der Waals surface area contributed by atoms with E-state index in [1.165, 1.54) is 0 Å². The van der Waals surface area contributed by atoms with Gasteiger partial charge in [0, 0.05) is 24.4 Å². The number of hydrogen-bond donors (Lipinski definition) is 0. The van der Waals surface area contributed by atoms with Gasteiger partial charge in [0.2, 0.25) is 0 Å². The van der Waals surface area contributed by atoms with Crippen molar-refractivity contribution < 1.29 is 8.76 Å². The highest BCUT2D eigenvalue weighted by Gasteiger charge is 2.07. The molecule has 0 saturated carbocycles. The molecule has 6 heteroatoms. The third-order valence-electron chi connectivity index (χ3n) is 3.76. The summed E-state index contributed by atoms with van der Waals surface area (Å²) in [6, 6.07) is 0. The second kappa shape index (κ2) is 12.7. The third kappa shape index (κ3) is 9.02. The van der Waals surface area contributed by atoms with Gasteiger partial charge in [-0.05, 0) is 52.1 Å². The first kappa shape index (κ1) is 20.0. The van der Waals surface area contributed by atoms with Crippen molar-refractivity contribution in [1.82, 2.24) is 14.1 Å². The molecule has 0 aromatic rings. The Morgan fingerprint density at radius 2 is 1.10 bits per heavy atom. The van der Waals surface area contributed by atoms with Crippen LogP contribution in [0.3, 0.4) is 0 Å². The molecule has 0 aliphatic heterocycles. The van der Waals surface area contributed by atoms with Crippen LogP contribution >= 0.6 is 0 Å².